The molecule has 11 heteroatoms. The molecule has 1 aliphatic rings. The van der Waals surface area contributed by atoms with Gasteiger partial charge in [-0.2, -0.15) is 24.2 Å². The third-order valence-corrected chi connectivity index (χ3v) is 5.57. The molecule has 0 saturated heterocycles. The topological polar surface area (TPSA) is 113 Å². The average Bonchev–Trinajstić information content (AvgIpc) is 3.52. The lowest BCUT2D eigenvalue weighted by molar-refractivity contribution is -0.118. The summed E-state index contributed by atoms with van der Waals surface area (Å²) in [7, 11) is 1.78. The van der Waals surface area contributed by atoms with Gasteiger partial charge in [-0.15, -0.1) is 0 Å². The second kappa shape index (κ2) is 10.8. The zero-order valence-electron chi connectivity index (χ0n) is 19.0. The Morgan fingerprint density at radius 2 is 2.09 bits per heavy atom. The molecular weight excluding hydrogens is 454 g/mol. The summed E-state index contributed by atoms with van der Waals surface area (Å²) < 4.78 is 27.7. The van der Waals surface area contributed by atoms with Crippen LogP contribution in [0.15, 0.2) is 66.9 Å². The summed E-state index contributed by atoms with van der Waals surface area (Å²) in [6.45, 7) is -2.17. The quantitative estimate of drug-likeness (QED) is 0.484. The Kier molecular flexibility index (Phi) is 7.42. The summed E-state index contributed by atoms with van der Waals surface area (Å²) in [6.07, 6.45) is 14.8. The number of nitrogens with zero attached hydrogens (tertiary/aromatic N) is 6. The normalized spacial score (nSPS) is 16.1. The third kappa shape index (κ3) is 6.04. The van der Waals surface area contributed by atoms with Gasteiger partial charge in [0.15, 0.2) is 0 Å². The molecule has 2 unspecified atom stereocenters. The first kappa shape index (κ1) is 24.0. The second-order valence-electron chi connectivity index (χ2n) is 8.10. The number of aryl methyl sites for hydroxylation is 1. The van der Waals surface area contributed by atoms with Gasteiger partial charge in [0, 0.05) is 48.9 Å². The Morgan fingerprint density at radius 3 is 2.69 bits per heavy atom. The minimum absolute atomic E-state index is 0.0833. The Bertz CT molecular complexity index is 1270. The van der Waals surface area contributed by atoms with Crippen molar-refractivity contribution in [1.82, 2.24) is 29.9 Å². The maximum absolute atomic E-state index is 13.1. The van der Waals surface area contributed by atoms with E-state index in [0.717, 1.165) is 5.57 Å². The molecule has 1 amide bonds. The van der Waals surface area contributed by atoms with E-state index in [1.807, 2.05) is 18.2 Å². The number of rotatable bonds is 9. The van der Waals surface area contributed by atoms with E-state index in [2.05, 4.69) is 31.9 Å². The van der Waals surface area contributed by atoms with Gasteiger partial charge in [0.25, 0.3) is 0 Å². The molecule has 2 atom stereocenters. The number of allylic oxidation sites excluding steroid dienone is 3. The van der Waals surface area contributed by atoms with Crippen LogP contribution in [0.5, 0.6) is 0 Å². The van der Waals surface area contributed by atoms with Gasteiger partial charge < -0.3 is 10.6 Å². The lowest BCUT2D eigenvalue weighted by Crippen LogP contribution is -2.33. The number of nitrogens with one attached hydrogen (secondary N) is 2. The third-order valence-electron chi connectivity index (χ3n) is 5.57. The van der Waals surface area contributed by atoms with Crippen LogP contribution in [0.1, 0.15) is 31.0 Å². The van der Waals surface area contributed by atoms with Gasteiger partial charge in [0.05, 0.1) is 24.4 Å². The lowest BCUT2D eigenvalue weighted by atomic mass is 9.96. The maximum Gasteiger partial charge on any atom is 0.333 e. The van der Waals surface area contributed by atoms with Gasteiger partial charge in [0.2, 0.25) is 5.91 Å². The Morgan fingerprint density at radius 1 is 1.23 bits per heavy atom. The van der Waals surface area contributed by atoms with Gasteiger partial charge in [-0.3, -0.25) is 9.48 Å². The highest BCUT2D eigenvalue weighted by Gasteiger charge is 2.22. The van der Waals surface area contributed by atoms with Crippen LogP contribution in [0.3, 0.4) is 0 Å². The molecule has 1 aliphatic carbocycles. The number of anilines is 1. The smallest absolute Gasteiger partial charge is 0.309 e. The molecule has 3 heterocycles. The van der Waals surface area contributed by atoms with Crippen molar-refractivity contribution in [2.24, 2.45) is 13.0 Å². The molecule has 0 fully saturated rings. The molecule has 0 aliphatic heterocycles. The highest BCUT2D eigenvalue weighted by Crippen LogP contribution is 2.22. The first-order valence-electron chi connectivity index (χ1n) is 11.0. The van der Waals surface area contributed by atoms with Crippen LogP contribution in [0, 0.1) is 17.2 Å². The number of hydrogen-bond acceptors (Lipinski definition) is 6. The van der Waals surface area contributed by atoms with Crippen LogP contribution >= 0.6 is 0 Å². The second-order valence-corrected chi connectivity index (χ2v) is 8.10. The van der Waals surface area contributed by atoms with E-state index in [9.17, 15) is 13.6 Å². The number of alkyl halides is 2. The summed E-state index contributed by atoms with van der Waals surface area (Å²) in [6, 6.07) is 4.86. The van der Waals surface area contributed by atoms with Crippen molar-refractivity contribution in [3.8, 4) is 17.2 Å². The molecule has 0 saturated carbocycles. The van der Waals surface area contributed by atoms with Gasteiger partial charge in [0.1, 0.15) is 11.9 Å². The number of amides is 1. The van der Waals surface area contributed by atoms with Crippen LogP contribution in [-0.4, -0.2) is 37.0 Å². The Hall–Kier alpha value is -4.17. The molecule has 0 bridgehead atoms. The highest BCUT2D eigenvalue weighted by atomic mass is 19.3. The van der Waals surface area contributed by atoms with Gasteiger partial charge in [-0.1, -0.05) is 23.8 Å². The summed E-state index contributed by atoms with van der Waals surface area (Å²) in [5.41, 5.74) is 2.92. The Balaban J connectivity index is 1.40. The van der Waals surface area contributed by atoms with Crippen molar-refractivity contribution in [1.29, 1.82) is 5.26 Å². The van der Waals surface area contributed by atoms with Crippen molar-refractivity contribution in [3.05, 3.63) is 72.5 Å². The minimum Gasteiger partial charge on any atom is -0.309 e. The van der Waals surface area contributed by atoms with Crippen molar-refractivity contribution < 1.29 is 13.6 Å². The molecule has 0 spiro atoms. The first-order valence-corrected chi connectivity index (χ1v) is 11.0. The molecule has 180 valence electrons. The van der Waals surface area contributed by atoms with E-state index in [1.165, 1.54) is 18.6 Å². The molecule has 3 aromatic rings. The standard InChI is InChI=1S/C24H24F2N8O/c1-33-14-20(13-30-33)22(28-9-8-16-2-4-17(10-27)5-3-16)23(35)32-21-7-6-18(11-29-21)19-12-31-34(15-19)24(25)26/h2-4,6-7,11-15,17,22,24,28H,5,8-9H2,1H3,(H,29,32,35). The van der Waals surface area contributed by atoms with Crippen molar-refractivity contribution >= 4 is 11.7 Å². The largest absolute Gasteiger partial charge is 0.333 e. The number of carbonyl (C=O) groups is 1. The monoisotopic (exact) mass is 478 g/mol. The molecule has 4 rings (SSSR count). The lowest BCUT2D eigenvalue weighted by Gasteiger charge is -2.18. The number of aromatic nitrogens is 5. The number of carbonyl (C=O) groups excluding carboxylic acids is 1. The van der Waals surface area contributed by atoms with Crippen LogP contribution in [0.25, 0.3) is 11.1 Å². The van der Waals surface area contributed by atoms with Crippen molar-refractivity contribution in [3.63, 3.8) is 0 Å². The Labute approximate surface area is 200 Å². The van der Waals surface area contributed by atoms with Gasteiger partial charge in [-0.05, 0) is 25.0 Å². The summed E-state index contributed by atoms with van der Waals surface area (Å²) in [4.78, 5) is 17.4. The van der Waals surface area contributed by atoms with Gasteiger partial charge in [-0.25, -0.2) is 9.67 Å². The molecule has 0 aromatic carbocycles. The summed E-state index contributed by atoms with van der Waals surface area (Å²) in [5.74, 6) is -0.0577. The molecule has 9 nitrogen and oxygen atoms in total. The van der Waals surface area contributed by atoms with E-state index < -0.39 is 12.6 Å². The fraction of sp³-hybridized carbons (Fsp3) is 0.292. The van der Waals surface area contributed by atoms with Gasteiger partial charge >= 0.3 is 6.55 Å². The number of pyridine rings is 1. The van der Waals surface area contributed by atoms with Crippen LogP contribution in [0.4, 0.5) is 14.6 Å². The van der Waals surface area contributed by atoms with E-state index >= 15 is 0 Å². The van der Waals surface area contributed by atoms with Crippen molar-refractivity contribution in [2.75, 3.05) is 11.9 Å². The molecule has 0 radical (unpaired) electrons. The number of halogens is 2. The summed E-state index contributed by atoms with van der Waals surface area (Å²) in [5, 5.41) is 22.9. The van der Waals surface area contributed by atoms with Crippen LogP contribution < -0.4 is 10.6 Å². The molecule has 3 aromatic heterocycles. The number of nitriles is 1. The maximum atomic E-state index is 13.1. The fourth-order valence-electron chi connectivity index (χ4n) is 3.69. The van der Waals surface area contributed by atoms with Crippen LogP contribution in [0.2, 0.25) is 0 Å². The fourth-order valence-corrected chi connectivity index (χ4v) is 3.69. The predicted octanol–water partition coefficient (Wildman–Crippen LogP) is 3.76. The predicted molar refractivity (Wildman–Crippen MR) is 125 cm³/mol. The summed E-state index contributed by atoms with van der Waals surface area (Å²) >= 11 is 0. The molecular formula is C24H24F2N8O. The van der Waals surface area contributed by atoms with E-state index in [4.69, 9.17) is 5.26 Å². The highest BCUT2D eigenvalue weighted by molar-refractivity contribution is 5.94. The molecule has 2 N–H and O–H groups in total. The minimum atomic E-state index is -2.72. The van der Waals surface area contributed by atoms with E-state index in [1.54, 1.807) is 36.3 Å². The molecule has 35 heavy (non-hydrogen) atoms. The van der Waals surface area contributed by atoms with E-state index in [0.29, 0.717) is 46.6 Å². The zero-order valence-corrected chi connectivity index (χ0v) is 19.0. The average molecular weight is 479 g/mol. The van der Waals surface area contributed by atoms with Crippen molar-refractivity contribution in [2.45, 2.75) is 25.4 Å². The zero-order chi connectivity index (χ0) is 24.8. The van der Waals surface area contributed by atoms with E-state index in [-0.39, 0.29) is 11.8 Å². The SMILES string of the molecule is Cn1cc(C(NCCC2=CCC(C#N)C=C2)C(=O)Nc2ccc(-c3cnn(C(F)F)c3)cn2)cn1. The van der Waals surface area contributed by atoms with Crippen LogP contribution in [-0.2, 0) is 11.8 Å². The number of hydrogen-bond donors (Lipinski definition) is 2. The first-order chi connectivity index (χ1) is 16.9.